The molecule has 1 aliphatic rings. The van der Waals surface area contributed by atoms with Gasteiger partial charge in [-0.15, -0.1) is 0 Å². The molecule has 0 unspecified atom stereocenters. The smallest absolute Gasteiger partial charge is 0.253 e. The molecule has 1 aromatic carbocycles. The summed E-state index contributed by atoms with van der Waals surface area (Å²) < 4.78 is 5.57. The van der Waals surface area contributed by atoms with Gasteiger partial charge in [0.2, 0.25) is 0 Å². The number of likely N-dealkylation sites (tertiary alicyclic amines) is 1. The minimum atomic E-state index is 0.0610. The maximum Gasteiger partial charge on any atom is 0.253 e. The molecule has 1 saturated heterocycles. The Morgan fingerprint density at radius 2 is 2.12 bits per heavy atom. The highest BCUT2D eigenvalue weighted by Crippen LogP contribution is 2.27. The third kappa shape index (κ3) is 2.66. The Morgan fingerprint density at radius 1 is 1.25 bits per heavy atom. The number of furan rings is 1. The second-order valence-corrected chi connectivity index (χ2v) is 6.40. The Labute approximate surface area is 140 Å². The van der Waals surface area contributed by atoms with Crippen LogP contribution in [-0.2, 0) is 0 Å². The molecule has 1 amide bonds. The number of carbonyl (C=O) groups excluding carboxylic acids is 1. The van der Waals surface area contributed by atoms with Crippen LogP contribution in [0.1, 0.15) is 40.0 Å². The summed E-state index contributed by atoms with van der Waals surface area (Å²) in [6.45, 7) is 5.29. The third-order valence-electron chi connectivity index (χ3n) is 4.54. The lowest BCUT2D eigenvalue weighted by atomic mass is 10.1. The highest BCUT2D eigenvalue weighted by Gasteiger charge is 2.29. The first-order valence-electron chi connectivity index (χ1n) is 8.19. The van der Waals surface area contributed by atoms with E-state index in [1.807, 2.05) is 49.1 Å². The molecule has 4 rings (SSSR count). The molecule has 2 aromatic heterocycles. The van der Waals surface area contributed by atoms with Crippen molar-refractivity contribution in [3.8, 4) is 0 Å². The first-order valence-corrected chi connectivity index (χ1v) is 8.19. The van der Waals surface area contributed by atoms with Crippen molar-refractivity contribution in [3.05, 3.63) is 59.4 Å². The number of hydrogen-bond donors (Lipinski definition) is 0. The molecule has 3 heterocycles. The van der Waals surface area contributed by atoms with Gasteiger partial charge >= 0.3 is 0 Å². The second-order valence-electron chi connectivity index (χ2n) is 6.40. The molecule has 5 heteroatoms. The van der Waals surface area contributed by atoms with E-state index in [-0.39, 0.29) is 11.8 Å². The van der Waals surface area contributed by atoms with Gasteiger partial charge in [0.05, 0.1) is 0 Å². The van der Waals surface area contributed by atoms with Gasteiger partial charge in [0, 0.05) is 41.8 Å². The molecule has 1 fully saturated rings. The average molecular weight is 321 g/mol. The van der Waals surface area contributed by atoms with Crippen LogP contribution in [0.25, 0.3) is 11.0 Å². The van der Waals surface area contributed by atoms with Crippen LogP contribution in [0.15, 0.2) is 40.9 Å². The van der Waals surface area contributed by atoms with Crippen LogP contribution in [0, 0.1) is 13.8 Å². The van der Waals surface area contributed by atoms with Gasteiger partial charge in [-0.05, 0) is 50.6 Å². The summed E-state index contributed by atoms with van der Waals surface area (Å²) in [5.41, 5.74) is 2.48. The topological polar surface area (TPSA) is 59.2 Å². The summed E-state index contributed by atoms with van der Waals surface area (Å²) >= 11 is 0. The predicted octanol–water partition coefficient (Wildman–Crippen LogP) is 3.47. The molecule has 24 heavy (non-hydrogen) atoms. The Kier molecular flexibility index (Phi) is 3.56. The van der Waals surface area contributed by atoms with E-state index in [1.165, 1.54) is 0 Å². The number of nitrogens with zero attached hydrogens (tertiary/aromatic N) is 3. The average Bonchev–Trinajstić information content (AvgIpc) is 3.19. The van der Waals surface area contributed by atoms with Crippen molar-refractivity contribution >= 4 is 16.9 Å². The van der Waals surface area contributed by atoms with Gasteiger partial charge in [-0.1, -0.05) is 0 Å². The number of hydrogen-bond acceptors (Lipinski definition) is 4. The number of rotatable bonds is 2. The molecule has 122 valence electrons. The molecule has 0 spiro atoms. The third-order valence-corrected chi connectivity index (χ3v) is 4.54. The fourth-order valence-corrected chi connectivity index (χ4v) is 3.31. The van der Waals surface area contributed by atoms with Gasteiger partial charge in [-0.3, -0.25) is 4.79 Å². The van der Waals surface area contributed by atoms with Crippen molar-refractivity contribution in [2.75, 3.05) is 13.1 Å². The largest absolute Gasteiger partial charge is 0.461 e. The molecule has 1 atom stereocenters. The number of fused-ring (bicyclic) bond motifs is 1. The lowest BCUT2D eigenvalue weighted by Gasteiger charge is -2.16. The Hall–Kier alpha value is -2.69. The predicted molar refractivity (Wildman–Crippen MR) is 91.0 cm³/mol. The van der Waals surface area contributed by atoms with E-state index < -0.39 is 0 Å². The zero-order valence-electron chi connectivity index (χ0n) is 13.8. The fraction of sp³-hybridized carbons (Fsp3) is 0.316. The Balaban J connectivity index is 1.54. The van der Waals surface area contributed by atoms with Crippen LogP contribution < -0.4 is 0 Å². The summed E-state index contributed by atoms with van der Waals surface area (Å²) in [5, 5.41) is 0.969. The van der Waals surface area contributed by atoms with Crippen LogP contribution >= 0.6 is 0 Å². The summed E-state index contributed by atoms with van der Waals surface area (Å²) in [6.07, 6.45) is 2.69. The minimum Gasteiger partial charge on any atom is -0.461 e. The van der Waals surface area contributed by atoms with Crippen molar-refractivity contribution in [2.45, 2.75) is 26.2 Å². The van der Waals surface area contributed by atoms with Gasteiger partial charge in [0.15, 0.2) is 0 Å². The van der Waals surface area contributed by atoms with E-state index >= 15 is 0 Å². The van der Waals surface area contributed by atoms with Gasteiger partial charge < -0.3 is 9.32 Å². The number of aromatic nitrogens is 2. The van der Waals surface area contributed by atoms with E-state index in [1.54, 1.807) is 6.20 Å². The van der Waals surface area contributed by atoms with Gasteiger partial charge in [-0.25, -0.2) is 9.97 Å². The maximum atomic E-state index is 12.8. The Morgan fingerprint density at radius 3 is 2.96 bits per heavy atom. The number of aryl methyl sites for hydroxylation is 2. The zero-order chi connectivity index (χ0) is 16.7. The molecule has 0 N–H and O–H groups in total. The molecule has 0 saturated carbocycles. The minimum absolute atomic E-state index is 0.0610. The van der Waals surface area contributed by atoms with E-state index in [2.05, 4.69) is 9.97 Å². The van der Waals surface area contributed by atoms with Crippen LogP contribution in [0.3, 0.4) is 0 Å². The van der Waals surface area contributed by atoms with Crippen LogP contribution in [0.4, 0.5) is 0 Å². The van der Waals surface area contributed by atoms with Crippen molar-refractivity contribution in [2.24, 2.45) is 0 Å². The van der Waals surface area contributed by atoms with Crippen molar-refractivity contribution in [1.29, 1.82) is 0 Å². The van der Waals surface area contributed by atoms with Crippen molar-refractivity contribution < 1.29 is 9.21 Å². The fourth-order valence-electron chi connectivity index (χ4n) is 3.31. The lowest BCUT2D eigenvalue weighted by molar-refractivity contribution is 0.0790. The van der Waals surface area contributed by atoms with Crippen LogP contribution in [0.5, 0.6) is 0 Å². The molecule has 3 aromatic rings. The van der Waals surface area contributed by atoms with Gasteiger partial charge in [0.1, 0.15) is 17.2 Å². The van der Waals surface area contributed by atoms with E-state index in [0.29, 0.717) is 12.1 Å². The highest BCUT2D eigenvalue weighted by atomic mass is 16.3. The standard InChI is InChI=1S/C19H19N3O2/c1-12-5-7-20-18(21-12)15-6-8-22(11-15)19(23)14-3-4-17-16(10-14)9-13(2)24-17/h3-5,7,9-10,15H,6,8,11H2,1-2H3/t15-/m1/s1. The van der Waals surface area contributed by atoms with Crippen molar-refractivity contribution in [1.82, 2.24) is 14.9 Å². The molecule has 0 aliphatic carbocycles. The lowest BCUT2D eigenvalue weighted by Crippen LogP contribution is -2.28. The molecule has 0 bridgehead atoms. The second kappa shape index (κ2) is 5.74. The molecule has 5 nitrogen and oxygen atoms in total. The monoisotopic (exact) mass is 321 g/mol. The molecular formula is C19H19N3O2. The van der Waals surface area contributed by atoms with Gasteiger partial charge in [-0.2, -0.15) is 0 Å². The zero-order valence-corrected chi connectivity index (χ0v) is 13.8. The normalized spacial score (nSPS) is 17.6. The first-order chi connectivity index (χ1) is 11.6. The maximum absolute atomic E-state index is 12.8. The number of amides is 1. The highest BCUT2D eigenvalue weighted by molar-refractivity contribution is 5.98. The SMILES string of the molecule is Cc1ccnc([C@@H]2CCN(C(=O)c3ccc4oc(C)cc4c3)C2)n1. The first kappa shape index (κ1) is 14.9. The quantitative estimate of drug-likeness (QED) is 0.725. The molecular weight excluding hydrogens is 302 g/mol. The van der Waals surface area contributed by atoms with Gasteiger partial charge in [0.25, 0.3) is 5.91 Å². The van der Waals surface area contributed by atoms with E-state index in [0.717, 1.165) is 41.2 Å². The van der Waals surface area contributed by atoms with Crippen molar-refractivity contribution in [3.63, 3.8) is 0 Å². The summed E-state index contributed by atoms with van der Waals surface area (Å²) in [6, 6.07) is 9.46. The van der Waals surface area contributed by atoms with Crippen LogP contribution in [0.2, 0.25) is 0 Å². The number of carbonyl (C=O) groups is 1. The van der Waals surface area contributed by atoms with E-state index in [9.17, 15) is 4.79 Å². The Bertz CT molecular complexity index is 916. The summed E-state index contributed by atoms with van der Waals surface area (Å²) in [4.78, 5) is 23.6. The molecule has 0 radical (unpaired) electrons. The number of benzene rings is 1. The summed E-state index contributed by atoms with van der Waals surface area (Å²) in [5.74, 6) is 1.97. The molecule has 1 aliphatic heterocycles. The summed E-state index contributed by atoms with van der Waals surface area (Å²) in [7, 11) is 0. The van der Waals surface area contributed by atoms with Crippen LogP contribution in [-0.4, -0.2) is 33.9 Å². The van der Waals surface area contributed by atoms with E-state index in [4.69, 9.17) is 4.42 Å².